The largest absolute Gasteiger partial charge is 0.478 e. The van der Waals surface area contributed by atoms with E-state index in [0.717, 1.165) is 10.6 Å². The van der Waals surface area contributed by atoms with Crippen LogP contribution in [-0.4, -0.2) is 21.0 Å². The number of carbonyl (C=O) groups is 1. The van der Waals surface area contributed by atoms with Crippen molar-refractivity contribution in [2.45, 2.75) is 13.5 Å². The first-order chi connectivity index (χ1) is 8.58. The summed E-state index contributed by atoms with van der Waals surface area (Å²) in [5, 5.41) is 12.0. The minimum atomic E-state index is -1.06. The van der Waals surface area contributed by atoms with E-state index in [0.29, 0.717) is 12.4 Å². The highest BCUT2D eigenvalue weighted by Crippen LogP contribution is 2.17. The zero-order chi connectivity index (χ0) is 13.1. The number of aryl methyl sites for hydroxylation is 1. The number of hydrogen-bond acceptors (Lipinski definition) is 6. The number of pyridine rings is 1. The molecule has 0 spiro atoms. The summed E-state index contributed by atoms with van der Waals surface area (Å²) in [6, 6.07) is 1.42. The van der Waals surface area contributed by atoms with Crippen molar-refractivity contribution >= 4 is 28.8 Å². The molecule has 2 heterocycles. The van der Waals surface area contributed by atoms with Crippen LogP contribution >= 0.6 is 11.3 Å². The van der Waals surface area contributed by atoms with Crippen molar-refractivity contribution in [3.05, 3.63) is 33.9 Å². The van der Waals surface area contributed by atoms with Crippen LogP contribution < -0.4 is 11.1 Å². The number of carboxylic acids is 1. The van der Waals surface area contributed by atoms with Gasteiger partial charge >= 0.3 is 5.97 Å². The highest BCUT2D eigenvalue weighted by Gasteiger charge is 2.10. The standard InChI is InChI=1S/C11H12N4O2S/c1-6-9(18-5-15-6)4-14-10-2-7(11(16)17)8(12)3-13-10/h2-3,5H,4,12H2,1H3,(H,13,14)(H,16,17). The number of aromatic carboxylic acids is 1. The molecule has 2 aromatic heterocycles. The number of nitrogens with zero attached hydrogens (tertiary/aromatic N) is 2. The third-order valence-corrected chi connectivity index (χ3v) is 3.38. The smallest absolute Gasteiger partial charge is 0.337 e. The van der Waals surface area contributed by atoms with E-state index in [-0.39, 0.29) is 11.3 Å². The Morgan fingerprint density at radius 1 is 1.56 bits per heavy atom. The van der Waals surface area contributed by atoms with Gasteiger partial charge in [-0.3, -0.25) is 0 Å². The molecule has 0 aliphatic carbocycles. The number of nitrogens with two attached hydrogens (primary N) is 1. The van der Waals surface area contributed by atoms with Crippen LogP contribution in [0.1, 0.15) is 20.9 Å². The van der Waals surface area contributed by atoms with Gasteiger partial charge in [0.05, 0.1) is 35.2 Å². The van der Waals surface area contributed by atoms with Crippen molar-refractivity contribution in [3.63, 3.8) is 0 Å². The van der Waals surface area contributed by atoms with Gasteiger partial charge in [-0.1, -0.05) is 0 Å². The molecule has 2 rings (SSSR count). The monoisotopic (exact) mass is 264 g/mol. The maximum absolute atomic E-state index is 10.9. The molecule has 0 aromatic carbocycles. The van der Waals surface area contributed by atoms with Gasteiger partial charge in [-0.2, -0.15) is 0 Å². The molecule has 0 fully saturated rings. The minimum absolute atomic E-state index is 0.0496. The average molecular weight is 264 g/mol. The molecule has 0 saturated carbocycles. The number of anilines is 2. The summed E-state index contributed by atoms with van der Waals surface area (Å²) in [5.74, 6) is -0.582. The molecule has 0 radical (unpaired) electrons. The number of nitrogens with one attached hydrogen (secondary N) is 1. The fourth-order valence-electron chi connectivity index (χ4n) is 1.41. The Kier molecular flexibility index (Phi) is 3.42. The predicted octanol–water partition coefficient (Wildman–Crippen LogP) is 1.74. The van der Waals surface area contributed by atoms with Gasteiger partial charge < -0.3 is 16.2 Å². The average Bonchev–Trinajstić information content (AvgIpc) is 2.73. The van der Waals surface area contributed by atoms with E-state index in [9.17, 15) is 4.79 Å². The quantitative estimate of drug-likeness (QED) is 0.777. The van der Waals surface area contributed by atoms with Crippen LogP contribution in [0.4, 0.5) is 11.5 Å². The molecular formula is C11H12N4O2S. The summed E-state index contributed by atoms with van der Waals surface area (Å²) in [7, 11) is 0. The molecule has 94 valence electrons. The van der Waals surface area contributed by atoms with Gasteiger partial charge in [0.25, 0.3) is 0 Å². The van der Waals surface area contributed by atoms with Crippen LogP contribution in [0.15, 0.2) is 17.8 Å². The molecule has 6 nitrogen and oxygen atoms in total. The Bertz CT molecular complexity index is 582. The fraction of sp³-hybridized carbons (Fsp3) is 0.182. The lowest BCUT2D eigenvalue weighted by Crippen LogP contribution is -2.07. The van der Waals surface area contributed by atoms with E-state index >= 15 is 0 Å². The van der Waals surface area contributed by atoms with E-state index in [1.807, 2.05) is 6.92 Å². The second-order valence-electron chi connectivity index (χ2n) is 3.68. The van der Waals surface area contributed by atoms with Gasteiger partial charge in [0.2, 0.25) is 0 Å². The van der Waals surface area contributed by atoms with E-state index in [1.165, 1.54) is 12.3 Å². The Hall–Kier alpha value is -2.15. The van der Waals surface area contributed by atoms with E-state index in [1.54, 1.807) is 16.8 Å². The SMILES string of the molecule is Cc1ncsc1CNc1cc(C(=O)O)c(N)cn1. The highest BCUT2D eigenvalue weighted by molar-refractivity contribution is 7.09. The number of hydrogen-bond donors (Lipinski definition) is 3. The van der Waals surface area contributed by atoms with E-state index < -0.39 is 5.97 Å². The first kappa shape index (κ1) is 12.3. The molecular weight excluding hydrogens is 252 g/mol. The molecule has 0 amide bonds. The maximum Gasteiger partial charge on any atom is 0.337 e. The molecule has 4 N–H and O–H groups in total. The van der Waals surface area contributed by atoms with Gasteiger partial charge in [0.1, 0.15) is 5.82 Å². The van der Waals surface area contributed by atoms with Crippen LogP contribution in [0.2, 0.25) is 0 Å². The topological polar surface area (TPSA) is 101 Å². The fourth-order valence-corrected chi connectivity index (χ4v) is 2.13. The molecule has 0 aliphatic heterocycles. The van der Waals surface area contributed by atoms with Crippen molar-refractivity contribution in [2.24, 2.45) is 0 Å². The van der Waals surface area contributed by atoms with Gasteiger partial charge in [-0.25, -0.2) is 14.8 Å². The van der Waals surface area contributed by atoms with Gasteiger partial charge in [-0.05, 0) is 13.0 Å². The molecule has 0 atom stereocenters. The van der Waals surface area contributed by atoms with Crippen LogP contribution in [0.3, 0.4) is 0 Å². The Morgan fingerprint density at radius 3 is 2.94 bits per heavy atom. The van der Waals surface area contributed by atoms with E-state index in [4.69, 9.17) is 10.8 Å². The molecule has 2 aromatic rings. The second-order valence-corrected chi connectivity index (χ2v) is 4.62. The Balaban J connectivity index is 2.13. The minimum Gasteiger partial charge on any atom is -0.478 e. The molecule has 0 saturated heterocycles. The van der Waals surface area contributed by atoms with Crippen molar-refractivity contribution in [1.82, 2.24) is 9.97 Å². The van der Waals surface area contributed by atoms with E-state index in [2.05, 4.69) is 15.3 Å². The van der Waals surface area contributed by atoms with Gasteiger partial charge in [0.15, 0.2) is 0 Å². The van der Waals surface area contributed by atoms with Crippen LogP contribution in [0.25, 0.3) is 0 Å². The predicted molar refractivity (Wildman–Crippen MR) is 69.8 cm³/mol. The molecule has 0 aliphatic rings. The van der Waals surface area contributed by atoms with Gasteiger partial charge in [0, 0.05) is 4.88 Å². The first-order valence-corrected chi connectivity index (χ1v) is 6.07. The zero-order valence-electron chi connectivity index (χ0n) is 9.67. The Morgan fingerprint density at radius 2 is 2.33 bits per heavy atom. The molecule has 7 heteroatoms. The third-order valence-electron chi connectivity index (χ3n) is 2.44. The maximum atomic E-state index is 10.9. The van der Waals surface area contributed by atoms with Crippen LogP contribution in [-0.2, 0) is 6.54 Å². The summed E-state index contributed by atoms with van der Waals surface area (Å²) in [6.45, 7) is 2.49. The number of thiazole rings is 1. The summed E-state index contributed by atoms with van der Waals surface area (Å²) in [5.41, 5.74) is 8.46. The number of carboxylic acid groups (broad SMARTS) is 1. The lowest BCUT2D eigenvalue weighted by Gasteiger charge is -2.06. The second kappa shape index (κ2) is 5.01. The third kappa shape index (κ3) is 2.57. The van der Waals surface area contributed by atoms with Crippen molar-refractivity contribution < 1.29 is 9.90 Å². The number of aromatic nitrogens is 2. The molecule has 0 unspecified atom stereocenters. The highest BCUT2D eigenvalue weighted by atomic mass is 32.1. The lowest BCUT2D eigenvalue weighted by molar-refractivity contribution is 0.0698. The number of rotatable bonds is 4. The summed E-state index contributed by atoms with van der Waals surface area (Å²) < 4.78 is 0. The Labute approximate surface area is 108 Å². The normalized spacial score (nSPS) is 10.3. The van der Waals surface area contributed by atoms with Crippen LogP contribution in [0, 0.1) is 6.92 Å². The van der Waals surface area contributed by atoms with Gasteiger partial charge in [-0.15, -0.1) is 11.3 Å². The van der Waals surface area contributed by atoms with Crippen molar-refractivity contribution in [1.29, 1.82) is 0 Å². The molecule has 0 bridgehead atoms. The summed E-state index contributed by atoms with van der Waals surface area (Å²) >= 11 is 1.54. The molecule has 18 heavy (non-hydrogen) atoms. The first-order valence-electron chi connectivity index (χ1n) is 5.19. The summed E-state index contributed by atoms with van der Waals surface area (Å²) in [6.07, 6.45) is 1.34. The summed E-state index contributed by atoms with van der Waals surface area (Å²) in [4.78, 5) is 20.2. The van der Waals surface area contributed by atoms with Crippen molar-refractivity contribution in [2.75, 3.05) is 11.1 Å². The zero-order valence-corrected chi connectivity index (χ0v) is 10.5. The van der Waals surface area contributed by atoms with Crippen molar-refractivity contribution in [3.8, 4) is 0 Å². The van der Waals surface area contributed by atoms with Crippen LogP contribution in [0.5, 0.6) is 0 Å². The lowest BCUT2D eigenvalue weighted by atomic mass is 10.2. The number of nitrogen functional groups attached to an aromatic ring is 1.